The van der Waals surface area contributed by atoms with Crippen LogP contribution in [0.25, 0.3) is 0 Å². The first-order valence-electron chi connectivity index (χ1n) is 27.0. The summed E-state index contributed by atoms with van der Waals surface area (Å²) in [7, 11) is 3.31. The van der Waals surface area contributed by atoms with Crippen LogP contribution in [-0.4, -0.2) is 133 Å². The minimum Gasteiger partial charge on any atom is -0.347 e. The second kappa shape index (κ2) is 24.1. The number of likely N-dealkylation sites (N-methyl/N-ethyl adjacent to an activating group) is 2. The highest BCUT2D eigenvalue weighted by Gasteiger charge is 2.48. The maximum absolute atomic E-state index is 14.7. The maximum atomic E-state index is 14.7. The van der Waals surface area contributed by atoms with E-state index in [0.29, 0.717) is 0 Å². The van der Waals surface area contributed by atoms with Crippen molar-refractivity contribution in [2.24, 2.45) is 10.8 Å². The SMILES string of the molecule is CN[C@@H](C)C(=O)N[C@H](C(=O)N1C[C@@H](NC(=O)c2cccc(C(=O)N[C@H]3C[C@@H](C(=O)N[C@@H]4CCCc5ccccc54)N(C(=O)[C@@H](NC(=O)[C@H](C)NC)C(C)(C)C)C3)c2)C[C@H]1C(=O)N[C@@H]1CCCc2ccccc21)C(C)(C)C. The summed E-state index contributed by atoms with van der Waals surface area (Å²) in [6.45, 7) is 14.4. The molecule has 2 aliphatic carbocycles. The number of benzene rings is 3. The van der Waals surface area contributed by atoms with Crippen molar-refractivity contribution >= 4 is 47.3 Å². The van der Waals surface area contributed by atoms with Crippen LogP contribution in [0.2, 0.25) is 0 Å². The number of hydrogen-bond acceptors (Lipinski definition) is 10. The van der Waals surface area contributed by atoms with Gasteiger partial charge in [-0.15, -0.1) is 0 Å². The third-order valence-electron chi connectivity index (χ3n) is 15.7. The average molecular weight is 1050 g/mol. The molecule has 0 radical (unpaired) electrons. The fraction of sp³-hybridized carbons (Fsp3) is 0.552. The Morgan fingerprint density at radius 1 is 0.526 bits per heavy atom. The number of aryl methyl sites for hydroxylation is 2. The number of amides is 8. The van der Waals surface area contributed by atoms with Crippen LogP contribution >= 0.6 is 0 Å². The fourth-order valence-electron chi connectivity index (χ4n) is 11.0. The van der Waals surface area contributed by atoms with Crippen LogP contribution in [-0.2, 0) is 41.6 Å². The summed E-state index contributed by atoms with van der Waals surface area (Å²) < 4.78 is 0. The molecule has 0 saturated carbocycles. The lowest BCUT2D eigenvalue weighted by Gasteiger charge is -2.36. The first kappa shape index (κ1) is 57.1. The Morgan fingerprint density at radius 3 is 1.28 bits per heavy atom. The predicted octanol–water partition coefficient (Wildman–Crippen LogP) is 3.75. The third-order valence-corrected chi connectivity index (χ3v) is 15.7. The zero-order valence-electron chi connectivity index (χ0n) is 45.9. The molecule has 3 aromatic carbocycles. The van der Waals surface area contributed by atoms with Gasteiger partial charge in [-0.25, -0.2) is 0 Å². The molecule has 4 aliphatic rings. The minimum absolute atomic E-state index is 0.0126. The van der Waals surface area contributed by atoms with E-state index in [1.165, 1.54) is 15.9 Å². The molecule has 3 aromatic rings. The second-order valence-corrected chi connectivity index (χ2v) is 23.3. The molecular formula is C58H80N10O8. The van der Waals surface area contributed by atoms with E-state index in [9.17, 15) is 38.4 Å². The third kappa shape index (κ3) is 13.3. The lowest BCUT2D eigenvalue weighted by Crippen LogP contribution is -2.59. The molecule has 2 heterocycles. The summed E-state index contributed by atoms with van der Waals surface area (Å²) >= 11 is 0. The van der Waals surface area contributed by atoms with E-state index >= 15 is 0 Å². The van der Waals surface area contributed by atoms with Gasteiger partial charge in [-0.1, -0.05) is 96.1 Å². The summed E-state index contributed by atoms with van der Waals surface area (Å²) in [6.07, 6.45) is 5.23. The number of nitrogens with one attached hydrogen (secondary N) is 8. The van der Waals surface area contributed by atoms with E-state index < -0.39 is 82.8 Å². The molecule has 2 fully saturated rings. The Kier molecular flexibility index (Phi) is 18.1. The normalized spacial score (nSPS) is 22.9. The van der Waals surface area contributed by atoms with Crippen molar-refractivity contribution in [3.63, 3.8) is 0 Å². The Hall–Kier alpha value is -6.66. The molecule has 10 atom stereocenters. The average Bonchev–Trinajstić information content (AvgIpc) is 4.03. The van der Waals surface area contributed by atoms with Gasteiger partial charge < -0.3 is 52.3 Å². The van der Waals surface area contributed by atoms with Gasteiger partial charge in [-0.3, -0.25) is 38.4 Å². The first-order chi connectivity index (χ1) is 36.0. The summed E-state index contributed by atoms with van der Waals surface area (Å²) in [5.41, 5.74) is 3.22. The number of fused-ring (bicyclic) bond motifs is 2. The van der Waals surface area contributed by atoms with Crippen molar-refractivity contribution in [3.8, 4) is 0 Å². The van der Waals surface area contributed by atoms with Crippen LogP contribution in [0.5, 0.6) is 0 Å². The van der Waals surface area contributed by atoms with Crippen molar-refractivity contribution in [2.75, 3.05) is 27.2 Å². The van der Waals surface area contributed by atoms with Gasteiger partial charge in [0.05, 0.1) is 24.2 Å². The molecule has 0 aromatic heterocycles. The van der Waals surface area contributed by atoms with Gasteiger partial charge in [0.15, 0.2) is 0 Å². The van der Waals surface area contributed by atoms with Crippen LogP contribution in [0.4, 0.5) is 0 Å². The highest BCUT2D eigenvalue weighted by molar-refractivity contribution is 6.01. The second-order valence-electron chi connectivity index (χ2n) is 23.3. The molecule has 8 amide bonds. The quantitative estimate of drug-likeness (QED) is 0.103. The molecule has 410 valence electrons. The van der Waals surface area contributed by atoms with Gasteiger partial charge in [0.25, 0.3) is 11.8 Å². The largest absolute Gasteiger partial charge is 0.347 e. The van der Waals surface area contributed by atoms with E-state index in [1.54, 1.807) is 46.1 Å². The number of carbonyl (C=O) groups is 8. The van der Waals surface area contributed by atoms with Gasteiger partial charge in [0.1, 0.15) is 24.2 Å². The molecule has 2 aliphatic heterocycles. The Labute approximate surface area is 447 Å². The minimum atomic E-state index is -0.997. The Bertz CT molecular complexity index is 2490. The molecule has 8 N–H and O–H groups in total. The van der Waals surface area contributed by atoms with Gasteiger partial charge >= 0.3 is 0 Å². The summed E-state index contributed by atoms with van der Waals surface area (Å²) in [5.74, 6) is -3.41. The monoisotopic (exact) mass is 1040 g/mol. The number of likely N-dealkylation sites (tertiary alicyclic amines) is 2. The van der Waals surface area contributed by atoms with E-state index in [2.05, 4.69) is 54.7 Å². The summed E-state index contributed by atoms with van der Waals surface area (Å²) in [4.78, 5) is 116. The maximum Gasteiger partial charge on any atom is 0.251 e. The van der Waals surface area contributed by atoms with E-state index in [-0.39, 0.29) is 72.8 Å². The number of hydrogen-bond donors (Lipinski definition) is 8. The fourth-order valence-corrected chi connectivity index (χ4v) is 11.0. The molecule has 18 heteroatoms. The summed E-state index contributed by atoms with van der Waals surface area (Å²) in [6, 6.07) is 15.2. The van der Waals surface area contributed by atoms with Crippen molar-refractivity contribution in [2.45, 2.75) is 167 Å². The van der Waals surface area contributed by atoms with Crippen LogP contribution in [0, 0.1) is 10.8 Å². The van der Waals surface area contributed by atoms with Crippen LogP contribution < -0.4 is 42.5 Å². The molecule has 7 rings (SSSR count). The smallest absolute Gasteiger partial charge is 0.251 e. The first-order valence-corrected chi connectivity index (χ1v) is 27.0. The highest BCUT2D eigenvalue weighted by atomic mass is 16.2. The zero-order valence-corrected chi connectivity index (χ0v) is 45.9. The van der Waals surface area contributed by atoms with Gasteiger partial charge in [-0.05, 0) is 131 Å². The molecule has 0 spiro atoms. The highest BCUT2D eigenvalue weighted by Crippen LogP contribution is 2.34. The van der Waals surface area contributed by atoms with Crippen LogP contribution in [0.1, 0.15) is 149 Å². The lowest BCUT2D eigenvalue weighted by molar-refractivity contribution is -0.144. The van der Waals surface area contributed by atoms with Crippen LogP contribution in [0.15, 0.2) is 72.8 Å². The Balaban J connectivity index is 1.09. The topological polar surface area (TPSA) is 239 Å². The molecular weight excluding hydrogens is 965 g/mol. The molecule has 18 nitrogen and oxygen atoms in total. The van der Waals surface area contributed by atoms with E-state index in [4.69, 9.17) is 0 Å². The lowest BCUT2D eigenvalue weighted by atomic mass is 9.85. The molecule has 76 heavy (non-hydrogen) atoms. The molecule has 2 saturated heterocycles. The van der Waals surface area contributed by atoms with Gasteiger partial charge in [0.2, 0.25) is 35.4 Å². The molecule has 0 unspecified atom stereocenters. The number of rotatable bonds is 16. The van der Waals surface area contributed by atoms with Crippen LogP contribution in [0.3, 0.4) is 0 Å². The van der Waals surface area contributed by atoms with Gasteiger partial charge in [-0.2, -0.15) is 0 Å². The summed E-state index contributed by atoms with van der Waals surface area (Å²) in [5, 5.41) is 24.1. The zero-order chi connectivity index (χ0) is 55.2. The van der Waals surface area contributed by atoms with E-state index in [1.807, 2.05) is 77.9 Å². The Morgan fingerprint density at radius 2 is 0.908 bits per heavy atom. The van der Waals surface area contributed by atoms with Crippen molar-refractivity contribution in [1.29, 1.82) is 0 Å². The predicted molar refractivity (Wildman–Crippen MR) is 290 cm³/mol. The van der Waals surface area contributed by atoms with E-state index in [0.717, 1.165) is 60.8 Å². The molecule has 0 bridgehead atoms. The van der Waals surface area contributed by atoms with Crippen molar-refractivity contribution in [1.82, 2.24) is 52.3 Å². The van der Waals surface area contributed by atoms with Crippen molar-refractivity contribution in [3.05, 3.63) is 106 Å². The van der Waals surface area contributed by atoms with Crippen molar-refractivity contribution < 1.29 is 38.4 Å². The van der Waals surface area contributed by atoms with Gasteiger partial charge in [0, 0.05) is 36.3 Å². The standard InChI is InChI=1S/C58H80N10O8/c1-33(59-9)49(69)65-47(57(3,4)5)55(75)67-31-39(29-45(67)53(73)63-43-26-16-20-35-18-11-13-24-41(35)43)61-51(71)37-22-15-23-38(28-37)52(72)62-40-30-46(54(74)64-44-27-17-21-36-19-12-14-25-42(36)44)68(32-40)56(76)48(58(6,7)8)66-50(70)34(2)60-10/h11-15,18-19,22-25,28,33-34,39-40,43-48,59-60H,16-17,20-21,26-27,29-32H2,1-10H3,(H,61,71)(H,62,72)(H,63,73)(H,64,74)(H,65,69)(H,66,70)/t33-,34-,39-,40-,43+,44+,45-,46-,47+,48+/m0/s1. The number of carbonyl (C=O) groups excluding carboxylic acids is 8. The number of nitrogens with zero attached hydrogens (tertiary/aromatic N) is 2.